The predicted octanol–water partition coefficient (Wildman–Crippen LogP) is 4.77. The van der Waals surface area contributed by atoms with Gasteiger partial charge >= 0.3 is 0 Å². The van der Waals surface area contributed by atoms with Crippen LogP contribution in [0.5, 0.6) is 0 Å². The van der Waals surface area contributed by atoms with Crippen LogP contribution in [0.3, 0.4) is 0 Å². The molecular formula is C31H38ClN5O3. The molecular weight excluding hydrogens is 526 g/mol. The third kappa shape index (κ3) is 4.80. The van der Waals surface area contributed by atoms with Gasteiger partial charge in [-0.15, -0.1) is 0 Å². The van der Waals surface area contributed by atoms with Crippen LogP contribution in [-0.2, 0) is 22.6 Å². The number of amides is 2. The lowest BCUT2D eigenvalue weighted by Gasteiger charge is -2.39. The molecule has 0 bridgehead atoms. The van der Waals surface area contributed by atoms with Gasteiger partial charge in [-0.25, -0.2) is 0 Å². The molecule has 2 N–H and O–H groups in total. The van der Waals surface area contributed by atoms with Crippen molar-refractivity contribution in [2.24, 2.45) is 5.41 Å². The standard InChI is InChI=1S/C31H38ClN5O3/c1-31(2,3)17-37-16-23-19-5-9-33-28(19)24(32)13-21(23)22(30(37)40)15-27(38)36-11-6-18(7-12-36)20-14-26-25(34-29(20)39)8-10-35(26)4/h5,9,13-14,18,22,33H,6-8,10-12,15-17H2,1-4H3,(H,34,39). The number of nitrogens with zero attached hydrogens (tertiary/aromatic N) is 3. The van der Waals surface area contributed by atoms with E-state index in [0.29, 0.717) is 31.2 Å². The normalized spacial score (nSPS) is 19.9. The number of nitrogens with one attached hydrogen (secondary N) is 2. The molecule has 6 rings (SSSR count). The van der Waals surface area contributed by atoms with E-state index in [1.807, 2.05) is 28.1 Å². The van der Waals surface area contributed by atoms with E-state index in [0.717, 1.165) is 64.8 Å². The first kappa shape index (κ1) is 26.9. The molecule has 1 atom stereocenters. The smallest absolute Gasteiger partial charge is 0.251 e. The first-order valence-corrected chi connectivity index (χ1v) is 14.7. The Hall–Kier alpha value is -3.26. The minimum atomic E-state index is -0.566. The summed E-state index contributed by atoms with van der Waals surface area (Å²) < 4.78 is 0. The van der Waals surface area contributed by atoms with E-state index >= 15 is 0 Å². The number of H-pyrrole nitrogens is 2. The SMILES string of the molecule is CN1CCc2[nH]c(=O)c(C3CCN(C(=O)CC4C(=O)N(CC(C)(C)C)Cc5c4cc(Cl)c4[nH]ccc54)CC3)cc21. The average Bonchev–Trinajstić information content (AvgIpc) is 3.54. The van der Waals surface area contributed by atoms with Crippen LogP contribution in [0.25, 0.3) is 10.9 Å². The Kier molecular flexibility index (Phi) is 6.72. The number of hydrogen-bond donors (Lipinski definition) is 2. The van der Waals surface area contributed by atoms with Crippen LogP contribution in [0.2, 0.25) is 5.02 Å². The van der Waals surface area contributed by atoms with Gasteiger partial charge in [-0.05, 0) is 53.5 Å². The minimum absolute atomic E-state index is 0.00451. The topological polar surface area (TPSA) is 92.5 Å². The maximum absolute atomic E-state index is 13.8. The van der Waals surface area contributed by atoms with Gasteiger partial charge in [-0.2, -0.15) is 0 Å². The van der Waals surface area contributed by atoms with Crippen molar-refractivity contribution in [1.29, 1.82) is 0 Å². The number of pyridine rings is 1. The van der Waals surface area contributed by atoms with E-state index < -0.39 is 5.92 Å². The first-order chi connectivity index (χ1) is 19.0. The Morgan fingerprint density at radius 1 is 1.10 bits per heavy atom. The second kappa shape index (κ2) is 9.98. The summed E-state index contributed by atoms with van der Waals surface area (Å²) in [5.41, 5.74) is 5.67. The third-order valence-corrected chi connectivity index (χ3v) is 9.14. The molecule has 3 aliphatic heterocycles. The number of benzene rings is 1. The highest BCUT2D eigenvalue weighted by molar-refractivity contribution is 6.35. The molecule has 0 radical (unpaired) electrons. The van der Waals surface area contributed by atoms with Crippen molar-refractivity contribution in [2.75, 3.05) is 38.1 Å². The van der Waals surface area contributed by atoms with Gasteiger partial charge in [0.15, 0.2) is 0 Å². The number of anilines is 1. The van der Waals surface area contributed by atoms with Gasteiger partial charge in [0.2, 0.25) is 11.8 Å². The van der Waals surface area contributed by atoms with E-state index in [1.54, 1.807) is 0 Å². The number of carbonyl (C=O) groups excluding carboxylic acids is 2. The highest BCUT2D eigenvalue weighted by atomic mass is 35.5. The van der Waals surface area contributed by atoms with Gasteiger partial charge < -0.3 is 24.7 Å². The van der Waals surface area contributed by atoms with Crippen LogP contribution in [-0.4, -0.2) is 64.8 Å². The number of hydrogen-bond acceptors (Lipinski definition) is 4. The fourth-order valence-electron chi connectivity index (χ4n) is 6.83. The third-order valence-electron chi connectivity index (χ3n) is 8.84. The summed E-state index contributed by atoms with van der Waals surface area (Å²) in [6, 6.07) is 5.94. The number of fused-ring (bicyclic) bond motifs is 4. The molecule has 9 heteroatoms. The number of carbonyl (C=O) groups is 2. The number of aromatic amines is 2. The lowest BCUT2D eigenvalue weighted by molar-refractivity contribution is -0.141. The van der Waals surface area contributed by atoms with Crippen molar-refractivity contribution < 1.29 is 9.59 Å². The van der Waals surface area contributed by atoms with Crippen molar-refractivity contribution in [3.63, 3.8) is 0 Å². The summed E-state index contributed by atoms with van der Waals surface area (Å²) in [7, 11) is 2.05. The molecule has 0 spiro atoms. The second-order valence-corrected chi connectivity index (χ2v) is 13.4. The van der Waals surface area contributed by atoms with Crippen molar-refractivity contribution in [3.05, 3.63) is 62.2 Å². The van der Waals surface area contributed by atoms with E-state index in [9.17, 15) is 14.4 Å². The van der Waals surface area contributed by atoms with Crippen molar-refractivity contribution in [3.8, 4) is 0 Å². The van der Waals surface area contributed by atoms with Gasteiger partial charge in [0.1, 0.15) is 0 Å². The number of likely N-dealkylation sites (tertiary alicyclic amines) is 1. The van der Waals surface area contributed by atoms with Crippen LogP contribution in [0, 0.1) is 5.41 Å². The lowest BCUT2D eigenvalue weighted by Crippen LogP contribution is -2.46. The molecule has 1 aromatic carbocycles. The van der Waals surface area contributed by atoms with Gasteiger partial charge in [-0.3, -0.25) is 14.4 Å². The molecule has 2 amide bonds. The molecule has 2 aromatic heterocycles. The van der Waals surface area contributed by atoms with E-state index in [1.165, 1.54) is 0 Å². The Morgan fingerprint density at radius 2 is 1.85 bits per heavy atom. The Bertz CT molecular complexity index is 1540. The summed E-state index contributed by atoms with van der Waals surface area (Å²) in [4.78, 5) is 52.6. The maximum atomic E-state index is 13.8. The summed E-state index contributed by atoms with van der Waals surface area (Å²) in [5.74, 6) is -0.478. The van der Waals surface area contributed by atoms with Crippen LogP contribution >= 0.6 is 11.6 Å². The molecule has 212 valence electrons. The molecule has 0 aliphatic carbocycles. The predicted molar refractivity (Wildman–Crippen MR) is 158 cm³/mol. The molecule has 1 fully saturated rings. The molecule has 5 heterocycles. The molecule has 8 nitrogen and oxygen atoms in total. The summed E-state index contributed by atoms with van der Waals surface area (Å²) in [6.07, 6.45) is 4.33. The summed E-state index contributed by atoms with van der Waals surface area (Å²) in [5, 5.41) is 1.58. The van der Waals surface area contributed by atoms with E-state index in [4.69, 9.17) is 11.6 Å². The molecule has 3 aromatic rings. The van der Waals surface area contributed by atoms with Crippen LogP contribution in [0.4, 0.5) is 5.69 Å². The van der Waals surface area contributed by atoms with Gasteiger partial charge in [0.05, 0.1) is 22.1 Å². The molecule has 1 unspecified atom stereocenters. The van der Waals surface area contributed by atoms with Crippen LogP contribution < -0.4 is 10.5 Å². The van der Waals surface area contributed by atoms with Gasteiger partial charge in [0.25, 0.3) is 5.56 Å². The minimum Gasteiger partial charge on any atom is -0.373 e. The quantitative estimate of drug-likeness (QED) is 0.478. The second-order valence-electron chi connectivity index (χ2n) is 12.9. The number of rotatable bonds is 4. The Balaban J connectivity index is 1.21. The van der Waals surface area contributed by atoms with E-state index in [2.05, 4.69) is 48.8 Å². The number of halogens is 1. The van der Waals surface area contributed by atoms with Gasteiger partial charge in [0, 0.05) is 75.5 Å². The zero-order valence-corrected chi connectivity index (χ0v) is 24.5. The zero-order chi connectivity index (χ0) is 28.3. The fraction of sp³-hybridized carbons (Fsp3) is 0.516. The zero-order valence-electron chi connectivity index (χ0n) is 23.8. The molecule has 1 saturated heterocycles. The average molecular weight is 564 g/mol. The summed E-state index contributed by atoms with van der Waals surface area (Å²) in [6.45, 7) is 9.56. The fourth-order valence-corrected chi connectivity index (χ4v) is 7.11. The Morgan fingerprint density at radius 3 is 2.58 bits per heavy atom. The molecule has 3 aliphatic rings. The lowest BCUT2D eigenvalue weighted by atomic mass is 9.83. The van der Waals surface area contributed by atoms with Crippen molar-refractivity contribution in [1.82, 2.24) is 19.8 Å². The molecule has 0 saturated carbocycles. The maximum Gasteiger partial charge on any atom is 0.251 e. The van der Waals surface area contributed by atoms with Gasteiger partial charge in [-0.1, -0.05) is 32.4 Å². The highest BCUT2D eigenvalue weighted by Gasteiger charge is 2.39. The highest BCUT2D eigenvalue weighted by Crippen LogP contribution is 2.40. The number of piperidine rings is 1. The van der Waals surface area contributed by atoms with Crippen molar-refractivity contribution in [2.45, 2.75) is 64.8 Å². The van der Waals surface area contributed by atoms with Crippen LogP contribution in [0.15, 0.2) is 29.2 Å². The van der Waals surface area contributed by atoms with Crippen LogP contribution in [0.1, 0.15) is 74.3 Å². The van der Waals surface area contributed by atoms with E-state index in [-0.39, 0.29) is 35.1 Å². The first-order valence-electron chi connectivity index (χ1n) is 14.3. The monoisotopic (exact) mass is 563 g/mol. The van der Waals surface area contributed by atoms with Crippen molar-refractivity contribution >= 4 is 40.0 Å². The number of likely N-dealkylation sites (N-methyl/N-ethyl adjacent to an activating group) is 1. The number of aromatic nitrogens is 2. The Labute approximate surface area is 239 Å². The molecule has 40 heavy (non-hydrogen) atoms. The summed E-state index contributed by atoms with van der Waals surface area (Å²) >= 11 is 6.63. The largest absolute Gasteiger partial charge is 0.373 e.